The average Bonchev–Trinajstić information content (AvgIpc) is 2.87. The average molecular weight is 464 g/mol. The van der Waals surface area contributed by atoms with Crippen LogP contribution in [0.3, 0.4) is 0 Å². The second-order valence-electron chi connectivity index (χ2n) is 8.39. The van der Waals surface area contributed by atoms with Gasteiger partial charge in [-0.05, 0) is 42.8 Å². The molecule has 2 aromatic heterocycles. The lowest BCUT2D eigenvalue weighted by molar-refractivity contribution is 0.590. The van der Waals surface area contributed by atoms with Crippen LogP contribution in [0.2, 0.25) is 0 Å². The Bertz CT molecular complexity index is 1650. The number of nitrogens with zero attached hydrogens (tertiary/aromatic N) is 3. The van der Waals surface area contributed by atoms with Crippen LogP contribution in [0.5, 0.6) is 0 Å². The van der Waals surface area contributed by atoms with Gasteiger partial charge in [-0.1, -0.05) is 66.2 Å². The predicted octanol–water partition coefficient (Wildman–Crippen LogP) is 5.98. The molecule has 0 aliphatic carbocycles. The summed E-state index contributed by atoms with van der Waals surface area (Å²) in [4.78, 5) is 9.87. The molecule has 3 heterocycles. The van der Waals surface area contributed by atoms with E-state index in [0.29, 0.717) is 5.69 Å². The smallest absolute Gasteiger partial charge is 0.261 e. The van der Waals surface area contributed by atoms with Crippen LogP contribution >= 0.6 is 0 Å². The van der Waals surface area contributed by atoms with Crippen LogP contribution in [-0.4, -0.2) is 18.4 Å². The predicted molar refractivity (Wildman–Crippen MR) is 135 cm³/mol. The van der Waals surface area contributed by atoms with Crippen LogP contribution in [0.1, 0.15) is 11.1 Å². The van der Waals surface area contributed by atoms with Gasteiger partial charge >= 0.3 is 0 Å². The first kappa shape index (κ1) is 20.6. The van der Waals surface area contributed by atoms with E-state index in [2.05, 4.69) is 4.98 Å². The van der Waals surface area contributed by atoms with E-state index in [9.17, 15) is 8.42 Å². The molecule has 5 nitrogen and oxygen atoms in total. The molecule has 0 saturated carbocycles. The normalized spacial score (nSPS) is 12.9. The Morgan fingerprint density at radius 3 is 2.35 bits per heavy atom. The first-order valence-corrected chi connectivity index (χ1v) is 12.5. The minimum atomic E-state index is -3.80. The Kier molecular flexibility index (Phi) is 4.71. The number of aryl methyl sites for hydroxylation is 1. The largest absolute Gasteiger partial charge is 0.264 e. The number of sulfonamides is 1. The molecule has 0 unspecified atom stereocenters. The fraction of sp³-hybridized carbons (Fsp3) is 0.0714. The van der Waals surface area contributed by atoms with Crippen molar-refractivity contribution in [3.63, 3.8) is 0 Å². The molecule has 5 aromatic rings. The molecule has 0 fully saturated rings. The molecule has 0 bridgehead atoms. The van der Waals surface area contributed by atoms with Crippen LogP contribution in [0.25, 0.3) is 33.4 Å². The molecule has 6 rings (SSSR count). The molecule has 0 N–H and O–H groups in total. The van der Waals surface area contributed by atoms with E-state index < -0.39 is 10.0 Å². The number of rotatable bonds is 3. The van der Waals surface area contributed by atoms with Crippen LogP contribution in [0, 0.1) is 6.92 Å². The Morgan fingerprint density at radius 1 is 0.824 bits per heavy atom. The zero-order chi connectivity index (χ0) is 23.3. The third kappa shape index (κ3) is 3.18. The third-order valence-corrected chi connectivity index (χ3v) is 8.02. The van der Waals surface area contributed by atoms with Crippen LogP contribution in [0.4, 0.5) is 5.69 Å². The zero-order valence-corrected chi connectivity index (χ0v) is 19.3. The Labute approximate surface area is 198 Å². The fourth-order valence-electron chi connectivity index (χ4n) is 4.59. The van der Waals surface area contributed by atoms with Crippen LogP contribution in [0.15, 0.2) is 102 Å². The maximum atomic E-state index is 13.9. The summed E-state index contributed by atoms with van der Waals surface area (Å²) in [5.41, 5.74) is 7.53. The standard InChI is InChI=1S/C28H21N3O2S/c1-19-13-15-21(16-14-19)34(32,33)31-18-23-26(20-8-3-2-4-9-20)28-24(11-7-17-29-28)30-27(23)22-10-5-6-12-25(22)31/h2-17H,18H2,1H3. The summed E-state index contributed by atoms with van der Waals surface area (Å²) in [5, 5.41) is 0. The van der Waals surface area contributed by atoms with Gasteiger partial charge in [-0.2, -0.15) is 0 Å². The van der Waals surface area contributed by atoms with Gasteiger partial charge < -0.3 is 0 Å². The maximum Gasteiger partial charge on any atom is 0.264 e. The van der Waals surface area contributed by atoms with Crippen molar-refractivity contribution in [3.05, 3.63) is 108 Å². The number of hydrogen-bond acceptors (Lipinski definition) is 4. The number of benzene rings is 3. The molecule has 6 heteroatoms. The molecule has 166 valence electrons. The van der Waals surface area contributed by atoms with E-state index in [-0.39, 0.29) is 11.4 Å². The van der Waals surface area contributed by atoms with Crippen LogP contribution < -0.4 is 4.31 Å². The van der Waals surface area contributed by atoms with E-state index in [1.165, 1.54) is 4.31 Å². The summed E-state index contributed by atoms with van der Waals surface area (Å²) in [5.74, 6) is 0. The monoisotopic (exact) mass is 463 g/mol. The fourth-order valence-corrected chi connectivity index (χ4v) is 6.05. The second kappa shape index (κ2) is 7.78. The third-order valence-electron chi connectivity index (χ3n) is 6.24. The Hall–Kier alpha value is -4.03. The van der Waals surface area contributed by atoms with Crippen molar-refractivity contribution < 1.29 is 8.42 Å². The van der Waals surface area contributed by atoms with Gasteiger partial charge in [-0.15, -0.1) is 0 Å². The van der Waals surface area contributed by atoms with Crippen molar-refractivity contribution >= 4 is 26.7 Å². The van der Waals surface area contributed by atoms with Gasteiger partial charge in [0.25, 0.3) is 10.0 Å². The van der Waals surface area contributed by atoms with Crippen LogP contribution in [-0.2, 0) is 16.6 Å². The zero-order valence-electron chi connectivity index (χ0n) is 18.5. The highest BCUT2D eigenvalue weighted by Gasteiger charge is 2.34. The van der Waals surface area contributed by atoms with Gasteiger partial charge in [0.2, 0.25) is 0 Å². The SMILES string of the molecule is Cc1ccc(S(=O)(=O)N2Cc3c(nc4cccnc4c3-c3ccccc3)-c3ccccc32)cc1. The molecule has 0 amide bonds. The summed E-state index contributed by atoms with van der Waals surface area (Å²) >= 11 is 0. The van der Waals surface area contributed by atoms with E-state index in [1.54, 1.807) is 18.3 Å². The highest BCUT2D eigenvalue weighted by Crippen LogP contribution is 2.45. The molecule has 34 heavy (non-hydrogen) atoms. The number of pyridine rings is 2. The number of fused-ring (bicyclic) bond motifs is 4. The summed E-state index contributed by atoms with van der Waals surface area (Å²) in [6.45, 7) is 2.12. The Balaban J connectivity index is 1.66. The molecule has 1 aliphatic heterocycles. The minimum Gasteiger partial charge on any atom is -0.261 e. The Morgan fingerprint density at radius 2 is 1.56 bits per heavy atom. The van der Waals surface area contributed by atoms with Gasteiger partial charge in [-0.3, -0.25) is 9.29 Å². The first-order chi connectivity index (χ1) is 16.5. The molecular weight excluding hydrogens is 442 g/mol. The molecule has 0 spiro atoms. The van der Waals surface area contributed by atoms with E-state index in [0.717, 1.165) is 44.5 Å². The highest BCUT2D eigenvalue weighted by atomic mass is 32.2. The molecule has 3 aromatic carbocycles. The topological polar surface area (TPSA) is 63.2 Å². The lowest BCUT2D eigenvalue weighted by Gasteiger charge is -2.33. The van der Waals surface area contributed by atoms with E-state index in [4.69, 9.17) is 4.98 Å². The first-order valence-electron chi connectivity index (χ1n) is 11.1. The molecule has 0 saturated heterocycles. The van der Waals surface area contributed by atoms with Gasteiger partial charge in [-0.25, -0.2) is 13.4 Å². The molecule has 0 atom stereocenters. The van der Waals surface area contributed by atoms with Gasteiger partial charge in [0.15, 0.2) is 0 Å². The molecular formula is C28H21N3O2S. The lowest BCUT2D eigenvalue weighted by atomic mass is 9.91. The van der Waals surface area contributed by atoms with Crippen molar-refractivity contribution in [1.82, 2.24) is 9.97 Å². The highest BCUT2D eigenvalue weighted by molar-refractivity contribution is 7.92. The van der Waals surface area contributed by atoms with Gasteiger partial charge in [0, 0.05) is 22.9 Å². The second-order valence-corrected chi connectivity index (χ2v) is 10.3. The van der Waals surface area contributed by atoms with Crippen molar-refractivity contribution in [1.29, 1.82) is 0 Å². The maximum absolute atomic E-state index is 13.9. The van der Waals surface area contributed by atoms with Crippen molar-refractivity contribution in [2.45, 2.75) is 18.4 Å². The van der Waals surface area contributed by atoms with Gasteiger partial charge in [0.1, 0.15) is 0 Å². The number of hydrogen-bond donors (Lipinski definition) is 0. The molecule has 1 aliphatic rings. The molecule has 0 radical (unpaired) electrons. The summed E-state index contributed by atoms with van der Waals surface area (Å²) in [6.07, 6.45) is 1.75. The van der Waals surface area contributed by atoms with Crippen molar-refractivity contribution in [2.24, 2.45) is 0 Å². The van der Waals surface area contributed by atoms with E-state index >= 15 is 0 Å². The van der Waals surface area contributed by atoms with E-state index in [1.807, 2.05) is 85.8 Å². The quantitative estimate of drug-likeness (QED) is 0.330. The van der Waals surface area contributed by atoms with Crippen molar-refractivity contribution in [3.8, 4) is 22.4 Å². The summed E-state index contributed by atoms with van der Waals surface area (Å²) in [6, 6.07) is 28.4. The summed E-state index contributed by atoms with van der Waals surface area (Å²) in [7, 11) is -3.80. The van der Waals surface area contributed by atoms with Gasteiger partial charge in [0.05, 0.1) is 33.9 Å². The minimum absolute atomic E-state index is 0.173. The number of anilines is 1. The number of para-hydroxylation sites is 1. The van der Waals surface area contributed by atoms with Crippen molar-refractivity contribution in [2.75, 3.05) is 4.31 Å². The summed E-state index contributed by atoms with van der Waals surface area (Å²) < 4.78 is 29.2. The lowest BCUT2D eigenvalue weighted by Crippen LogP contribution is -2.33. The number of aromatic nitrogens is 2.